The van der Waals surface area contributed by atoms with E-state index in [1.165, 1.54) is 0 Å². The zero-order chi connectivity index (χ0) is 25.0. The van der Waals surface area contributed by atoms with Crippen LogP contribution in [0.5, 0.6) is 17.2 Å². The summed E-state index contributed by atoms with van der Waals surface area (Å²) in [6, 6.07) is 23.9. The minimum Gasteiger partial charge on any atom is -0.508 e. The van der Waals surface area contributed by atoms with E-state index in [9.17, 15) is 5.11 Å². The molecule has 6 nitrogen and oxygen atoms in total. The maximum absolute atomic E-state index is 9.71. The van der Waals surface area contributed by atoms with E-state index >= 15 is 0 Å². The van der Waals surface area contributed by atoms with E-state index in [-0.39, 0.29) is 12.5 Å². The normalized spacial score (nSPS) is 14.1. The average molecular weight is 484 g/mol. The van der Waals surface area contributed by atoms with Crippen LogP contribution < -0.4 is 14.8 Å². The Hall–Kier alpha value is -3.77. The van der Waals surface area contributed by atoms with E-state index < -0.39 is 5.54 Å². The number of hydrogen-bond acceptors (Lipinski definition) is 5. The highest BCUT2D eigenvalue weighted by Gasteiger charge is 2.32. The summed E-state index contributed by atoms with van der Waals surface area (Å²) in [7, 11) is 0. The quantitative estimate of drug-likeness (QED) is 0.288. The number of aromatic nitrogens is 2. The third kappa shape index (κ3) is 5.09. The molecule has 0 aliphatic carbocycles. The predicted octanol–water partition coefficient (Wildman–Crippen LogP) is 6.03. The van der Waals surface area contributed by atoms with E-state index in [1.54, 1.807) is 12.1 Å². The summed E-state index contributed by atoms with van der Waals surface area (Å²) in [5.41, 5.74) is 4.10. The Bertz CT molecular complexity index is 1300. The molecule has 0 bridgehead atoms. The third-order valence-electron chi connectivity index (χ3n) is 6.80. The molecule has 0 amide bonds. The number of phenols is 1. The van der Waals surface area contributed by atoms with Crippen molar-refractivity contribution in [3.05, 3.63) is 95.8 Å². The minimum atomic E-state index is -0.417. The monoisotopic (exact) mass is 483 g/mol. The van der Waals surface area contributed by atoms with E-state index in [0.717, 1.165) is 65.5 Å². The van der Waals surface area contributed by atoms with Gasteiger partial charge in [0.25, 0.3) is 0 Å². The lowest BCUT2D eigenvalue weighted by molar-refractivity contribution is 0.174. The zero-order valence-corrected chi connectivity index (χ0v) is 20.9. The molecule has 5 rings (SSSR count). The molecule has 1 aliphatic heterocycles. The van der Waals surface area contributed by atoms with Crippen molar-refractivity contribution in [3.8, 4) is 28.6 Å². The van der Waals surface area contributed by atoms with Crippen molar-refractivity contribution < 1.29 is 14.6 Å². The first-order valence-electron chi connectivity index (χ1n) is 12.6. The molecular weight excluding hydrogens is 450 g/mol. The largest absolute Gasteiger partial charge is 0.508 e. The number of unbranched alkanes of at least 4 members (excludes halogenated alkanes) is 1. The Morgan fingerprint density at radius 3 is 2.50 bits per heavy atom. The van der Waals surface area contributed by atoms with E-state index in [4.69, 9.17) is 14.5 Å². The average Bonchev–Trinajstić information content (AvgIpc) is 3.55. The fourth-order valence-electron chi connectivity index (χ4n) is 4.79. The number of fused-ring (bicyclic) bond motifs is 1. The van der Waals surface area contributed by atoms with Crippen LogP contribution in [0, 0.1) is 0 Å². The minimum absolute atomic E-state index is 0.263. The van der Waals surface area contributed by atoms with E-state index in [2.05, 4.69) is 60.1 Å². The second-order valence-corrected chi connectivity index (χ2v) is 9.55. The van der Waals surface area contributed by atoms with Gasteiger partial charge in [0.2, 0.25) is 6.79 Å². The number of phenolic OH excluding ortho intramolecular Hbond substituents is 1. The molecule has 0 radical (unpaired) electrons. The van der Waals surface area contributed by atoms with Gasteiger partial charge in [-0.1, -0.05) is 61.9 Å². The number of nitrogens with zero attached hydrogens (tertiary/aromatic N) is 2. The summed E-state index contributed by atoms with van der Waals surface area (Å²) in [5, 5.41) is 13.5. The molecule has 0 saturated carbocycles. The molecule has 0 spiro atoms. The maximum atomic E-state index is 9.71. The number of benzene rings is 3. The molecule has 2 heterocycles. The van der Waals surface area contributed by atoms with Crippen LogP contribution in [0.25, 0.3) is 11.4 Å². The summed E-state index contributed by atoms with van der Waals surface area (Å²) >= 11 is 0. The lowest BCUT2D eigenvalue weighted by atomic mass is 9.88. The summed E-state index contributed by atoms with van der Waals surface area (Å²) in [4.78, 5) is 4.92. The Kier molecular flexibility index (Phi) is 6.96. The molecule has 1 aromatic heterocycles. The van der Waals surface area contributed by atoms with E-state index in [1.807, 2.05) is 30.5 Å². The van der Waals surface area contributed by atoms with Crippen molar-refractivity contribution in [2.24, 2.45) is 0 Å². The van der Waals surface area contributed by atoms with Gasteiger partial charge < -0.3 is 24.5 Å². The summed E-state index contributed by atoms with van der Waals surface area (Å²) in [6.45, 7) is 6.27. The SMILES string of the molecule is CCCCn1c(C(C)(Cc2ccc3c(c2)OCO3)NCc2ccc(O)cc2)cnc1-c1ccccc1. The fraction of sp³-hybridized carbons (Fsp3) is 0.300. The molecule has 3 aromatic carbocycles. The first-order valence-corrected chi connectivity index (χ1v) is 12.6. The molecule has 1 atom stereocenters. The van der Waals surface area contributed by atoms with Gasteiger partial charge in [-0.25, -0.2) is 4.98 Å². The second kappa shape index (κ2) is 10.5. The Balaban J connectivity index is 1.54. The van der Waals surface area contributed by atoms with Crippen LogP contribution in [0.2, 0.25) is 0 Å². The van der Waals surface area contributed by atoms with Crippen LogP contribution in [0.1, 0.15) is 43.5 Å². The van der Waals surface area contributed by atoms with Gasteiger partial charge in [-0.2, -0.15) is 0 Å². The van der Waals surface area contributed by atoms with Gasteiger partial charge in [-0.15, -0.1) is 0 Å². The van der Waals surface area contributed by atoms with Crippen molar-refractivity contribution in [1.29, 1.82) is 0 Å². The zero-order valence-electron chi connectivity index (χ0n) is 20.9. The topological polar surface area (TPSA) is 68.5 Å². The number of rotatable bonds is 10. The molecule has 0 fully saturated rings. The van der Waals surface area contributed by atoms with Crippen molar-refractivity contribution >= 4 is 0 Å². The van der Waals surface area contributed by atoms with Crippen LogP contribution in [0.15, 0.2) is 79.0 Å². The molecule has 6 heteroatoms. The standard InChI is InChI=1S/C30H33N3O3/c1-3-4-16-33-28(20-31-29(33)24-8-6-5-7-9-24)30(2,32-19-22-10-13-25(34)14-11-22)18-23-12-15-26-27(17-23)36-21-35-26/h5-15,17,20,32,34H,3-4,16,18-19,21H2,1-2H3. The van der Waals surface area contributed by atoms with Crippen LogP contribution in [-0.4, -0.2) is 21.5 Å². The molecule has 186 valence electrons. The third-order valence-corrected chi connectivity index (χ3v) is 6.80. The molecule has 4 aromatic rings. The van der Waals surface area contributed by atoms with Crippen molar-refractivity contribution in [2.45, 2.75) is 51.7 Å². The first-order chi connectivity index (χ1) is 17.6. The van der Waals surface area contributed by atoms with Gasteiger partial charge in [-0.05, 0) is 55.2 Å². The highest BCUT2D eigenvalue weighted by atomic mass is 16.7. The van der Waals surface area contributed by atoms with Crippen LogP contribution >= 0.6 is 0 Å². The van der Waals surface area contributed by atoms with Gasteiger partial charge in [-0.3, -0.25) is 0 Å². The Morgan fingerprint density at radius 1 is 0.972 bits per heavy atom. The second-order valence-electron chi connectivity index (χ2n) is 9.55. The smallest absolute Gasteiger partial charge is 0.231 e. The highest BCUT2D eigenvalue weighted by Crippen LogP contribution is 2.36. The molecule has 0 saturated heterocycles. The lowest BCUT2D eigenvalue weighted by Gasteiger charge is -2.33. The van der Waals surface area contributed by atoms with E-state index in [0.29, 0.717) is 6.54 Å². The van der Waals surface area contributed by atoms with Gasteiger partial charge in [0.1, 0.15) is 11.6 Å². The predicted molar refractivity (Wildman–Crippen MR) is 141 cm³/mol. The summed E-state index contributed by atoms with van der Waals surface area (Å²) < 4.78 is 13.6. The van der Waals surface area contributed by atoms with Gasteiger partial charge in [0.05, 0.1) is 17.4 Å². The van der Waals surface area contributed by atoms with Crippen LogP contribution in [-0.2, 0) is 25.0 Å². The number of hydrogen-bond donors (Lipinski definition) is 2. The van der Waals surface area contributed by atoms with Crippen LogP contribution in [0.3, 0.4) is 0 Å². The molecule has 2 N–H and O–H groups in total. The van der Waals surface area contributed by atoms with Crippen molar-refractivity contribution in [1.82, 2.24) is 14.9 Å². The molecule has 1 aliphatic rings. The molecule has 1 unspecified atom stereocenters. The number of nitrogens with one attached hydrogen (secondary N) is 1. The first kappa shape index (κ1) is 23.9. The Labute approximate surface area is 212 Å². The van der Waals surface area contributed by atoms with Crippen molar-refractivity contribution in [3.63, 3.8) is 0 Å². The highest BCUT2D eigenvalue weighted by molar-refractivity contribution is 5.56. The van der Waals surface area contributed by atoms with Gasteiger partial charge >= 0.3 is 0 Å². The fourth-order valence-corrected chi connectivity index (χ4v) is 4.79. The maximum Gasteiger partial charge on any atom is 0.231 e. The summed E-state index contributed by atoms with van der Waals surface area (Å²) in [6.07, 6.45) is 4.94. The number of ether oxygens (including phenoxy) is 2. The molecular formula is C30H33N3O3. The number of imidazole rings is 1. The van der Waals surface area contributed by atoms with Crippen LogP contribution in [0.4, 0.5) is 0 Å². The molecule has 36 heavy (non-hydrogen) atoms. The lowest BCUT2D eigenvalue weighted by Crippen LogP contribution is -2.43. The van der Waals surface area contributed by atoms with Gasteiger partial charge in [0.15, 0.2) is 11.5 Å². The van der Waals surface area contributed by atoms with Gasteiger partial charge in [0, 0.05) is 18.7 Å². The number of aromatic hydroxyl groups is 1. The Morgan fingerprint density at radius 2 is 1.72 bits per heavy atom. The summed E-state index contributed by atoms with van der Waals surface area (Å²) in [5.74, 6) is 2.84. The van der Waals surface area contributed by atoms with Crippen molar-refractivity contribution in [2.75, 3.05) is 6.79 Å².